The lowest BCUT2D eigenvalue weighted by Gasteiger charge is -2.14. The lowest BCUT2D eigenvalue weighted by Crippen LogP contribution is -2.36. The smallest absolute Gasteiger partial charge is 0.258 e. The van der Waals surface area contributed by atoms with Crippen molar-refractivity contribution in [3.8, 4) is 5.75 Å². The van der Waals surface area contributed by atoms with Crippen molar-refractivity contribution in [2.45, 2.75) is 52.5 Å². The molecule has 104 valence electrons. The molecule has 0 spiro atoms. The Kier molecular flexibility index (Phi) is 4.46. The van der Waals surface area contributed by atoms with Crippen LogP contribution in [0.4, 0.5) is 0 Å². The summed E-state index contributed by atoms with van der Waals surface area (Å²) in [5.41, 5.74) is 3.52. The summed E-state index contributed by atoms with van der Waals surface area (Å²) in [6.45, 7) is 6.26. The van der Waals surface area contributed by atoms with Crippen LogP contribution >= 0.6 is 0 Å². The Morgan fingerprint density at radius 2 is 1.79 bits per heavy atom. The summed E-state index contributed by atoms with van der Waals surface area (Å²) in [5, 5.41) is 3.03. The number of benzene rings is 1. The van der Waals surface area contributed by atoms with E-state index in [1.165, 1.54) is 24.0 Å². The van der Waals surface area contributed by atoms with Gasteiger partial charge in [-0.3, -0.25) is 4.79 Å². The maximum atomic E-state index is 11.8. The van der Waals surface area contributed by atoms with Gasteiger partial charge in [0.05, 0.1) is 0 Å². The molecule has 3 heteroatoms. The molecule has 0 saturated heterocycles. The minimum Gasteiger partial charge on any atom is -0.483 e. The molecule has 0 aromatic heterocycles. The van der Waals surface area contributed by atoms with Gasteiger partial charge in [0.15, 0.2) is 6.61 Å². The first-order valence-corrected chi connectivity index (χ1v) is 7.06. The highest BCUT2D eigenvalue weighted by molar-refractivity contribution is 5.77. The third kappa shape index (κ3) is 3.72. The van der Waals surface area contributed by atoms with Gasteiger partial charge in [0, 0.05) is 6.04 Å². The summed E-state index contributed by atoms with van der Waals surface area (Å²) in [7, 11) is 0. The number of amides is 1. The lowest BCUT2D eigenvalue weighted by atomic mass is 10.1. The van der Waals surface area contributed by atoms with E-state index in [4.69, 9.17) is 4.74 Å². The summed E-state index contributed by atoms with van der Waals surface area (Å²) in [6, 6.07) is 4.46. The third-order valence-corrected chi connectivity index (χ3v) is 3.87. The lowest BCUT2D eigenvalue weighted by molar-refractivity contribution is -0.123. The number of nitrogens with one attached hydrogen (secondary N) is 1. The molecule has 0 heterocycles. The zero-order chi connectivity index (χ0) is 13.8. The Hall–Kier alpha value is -1.51. The highest BCUT2D eigenvalue weighted by Gasteiger charge is 2.17. The number of hydrogen-bond acceptors (Lipinski definition) is 2. The monoisotopic (exact) mass is 261 g/mol. The van der Waals surface area contributed by atoms with Crippen molar-refractivity contribution in [1.82, 2.24) is 5.32 Å². The second-order valence-corrected chi connectivity index (χ2v) is 5.54. The van der Waals surface area contributed by atoms with E-state index in [0.29, 0.717) is 6.04 Å². The van der Waals surface area contributed by atoms with Gasteiger partial charge >= 0.3 is 0 Å². The maximum Gasteiger partial charge on any atom is 0.258 e. The Labute approximate surface area is 115 Å². The average Bonchev–Trinajstić information content (AvgIpc) is 2.85. The van der Waals surface area contributed by atoms with Crippen LogP contribution in [0.25, 0.3) is 0 Å². The molecule has 1 N–H and O–H groups in total. The van der Waals surface area contributed by atoms with Crippen LogP contribution in [0.5, 0.6) is 5.75 Å². The summed E-state index contributed by atoms with van der Waals surface area (Å²) in [5.74, 6) is 0.800. The Balaban J connectivity index is 1.87. The Morgan fingerprint density at radius 1 is 1.16 bits per heavy atom. The van der Waals surface area contributed by atoms with Gasteiger partial charge in [-0.1, -0.05) is 18.9 Å². The molecule has 1 aliphatic rings. The van der Waals surface area contributed by atoms with Crippen molar-refractivity contribution in [3.05, 3.63) is 28.8 Å². The number of aryl methyl sites for hydroxylation is 3. The van der Waals surface area contributed by atoms with Crippen LogP contribution in [0, 0.1) is 20.8 Å². The highest BCUT2D eigenvalue weighted by atomic mass is 16.5. The standard InChI is InChI=1S/C16H23NO2/c1-11-8-13(3)15(9-12(11)2)19-10-16(18)17-14-6-4-5-7-14/h8-9,14H,4-7,10H2,1-3H3,(H,17,18). The largest absolute Gasteiger partial charge is 0.483 e. The Morgan fingerprint density at radius 3 is 2.47 bits per heavy atom. The van der Waals surface area contributed by atoms with Crippen molar-refractivity contribution < 1.29 is 9.53 Å². The molecule has 0 bridgehead atoms. The molecule has 1 aromatic rings. The molecule has 2 rings (SSSR count). The fourth-order valence-corrected chi connectivity index (χ4v) is 2.57. The van der Waals surface area contributed by atoms with Gasteiger partial charge in [0.1, 0.15) is 5.75 Å². The van der Waals surface area contributed by atoms with Crippen LogP contribution in [0.1, 0.15) is 42.4 Å². The third-order valence-electron chi connectivity index (χ3n) is 3.87. The molecular formula is C16H23NO2. The van der Waals surface area contributed by atoms with Crippen molar-refractivity contribution in [1.29, 1.82) is 0 Å². The van der Waals surface area contributed by atoms with Crippen LogP contribution in [0.2, 0.25) is 0 Å². The van der Waals surface area contributed by atoms with E-state index >= 15 is 0 Å². The molecule has 0 radical (unpaired) electrons. The fraction of sp³-hybridized carbons (Fsp3) is 0.562. The van der Waals surface area contributed by atoms with Crippen LogP contribution < -0.4 is 10.1 Å². The molecule has 0 unspecified atom stereocenters. The number of carbonyl (C=O) groups is 1. The van der Waals surface area contributed by atoms with Gasteiger partial charge in [-0.25, -0.2) is 0 Å². The first kappa shape index (κ1) is 13.9. The first-order chi connectivity index (χ1) is 9.06. The predicted molar refractivity (Wildman–Crippen MR) is 76.5 cm³/mol. The van der Waals surface area contributed by atoms with Crippen molar-refractivity contribution in [2.24, 2.45) is 0 Å². The summed E-state index contributed by atoms with van der Waals surface area (Å²) < 4.78 is 5.63. The molecule has 1 saturated carbocycles. The van der Waals surface area contributed by atoms with Crippen LogP contribution in [-0.4, -0.2) is 18.6 Å². The van der Waals surface area contributed by atoms with Crippen molar-refractivity contribution >= 4 is 5.91 Å². The van der Waals surface area contributed by atoms with Gasteiger partial charge in [-0.05, 0) is 56.4 Å². The topological polar surface area (TPSA) is 38.3 Å². The predicted octanol–water partition coefficient (Wildman–Crippen LogP) is 3.05. The van der Waals surface area contributed by atoms with E-state index in [1.54, 1.807) is 0 Å². The number of rotatable bonds is 4. The van der Waals surface area contributed by atoms with Crippen LogP contribution in [0.3, 0.4) is 0 Å². The van der Waals surface area contributed by atoms with Crippen molar-refractivity contribution in [3.63, 3.8) is 0 Å². The molecule has 0 aliphatic heterocycles. The first-order valence-electron chi connectivity index (χ1n) is 7.06. The van der Waals surface area contributed by atoms with E-state index in [1.807, 2.05) is 13.0 Å². The molecular weight excluding hydrogens is 238 g/mol. The normalized spacial score (nSPS) is 15.5. The minimum atomic E-state index is -0.00970. The van der Waals surface area contributed by atoms with Crippen LogP contribution in [0.15, 0.2) is 12.1 Å². The van der Waals surface area contributed by atoms with Gasteiger partial charge in [0.2, 0.25) is 0 Å². The maximum absolute atomic E-state index is 11.8. The fourth-order valence-electron chi connectivity index (χ4n) is 2.57. The molecule has 1 amide bonds. The van der Waals surface area contributed by atoms with Crippen LogP contribution in [-0.2, 0) is 4.79 Å². The van der Waals surface area contributed by atoms with Gasteiger partial charge in [0.25, 0.3) is 5.91 Å². The molecule has 1 fully saturated rings. The second-order valence-electron chi connectivity index (χ2n) is 5.54. The van der Waals surface area contributed by atoms with E-state index in [9.17, 15) is 4.79 Å². The minimum absolute atomic E-state index is 0.00970. The molecule has 19 heavy (non-hydrogen) atoms. The SMILES string of the molecule is Cc1cc(C)c(OCC(=O)NC2CCCC2)cc1C. The average molecular weight is 261 g/mol. The molecule has 3 nitrogen and oxygen atoms in total. The number of carbonyl (C=O) groups excluding carboxylic acids is 1. The van der Waals surface area contributed by atoms with Gasteiger partial charge < -0.3 is 10.1 Å². The van der Waals surface area contributed by atoms with Crippen molar-refractivity contribution in [2.75, 3.05) is 6.61 Å². The van der Waals surface area contributed by atoms with Gasteiger partial charge in [-0.2, -0.15) is 0 Å². The van der Waals surface area contributed by atoms with E-state index in [-0.39, 0.29) is 12.5 Å². The van der Waals surface area contributed by atoms with E-state index in [0.717, 1.165) is 24.2 Å². The summed E-state index contributed by atoms with van der Waals surface area (Å²) in [4.78, 5) is 11.8. The van der Waals surface area contributed by atoms with Gasteiger partial charge in [-0.15, -0.1) is 0 Å². The summed E-state index contributed by atoms with van der Waals surface area (Å²) >= 11 is 0. The quantitative estimate of drug-likeness (QED) is 0.904. The molecule has 0 atom stereocenters. The van der Waals surface area contributed by atoms with E-state index < -0.39 is 0 Å². The highest BCUT2D eigenvalue weighted by Crippen LogP contribution is 2.22. The number of hydrogen-bond donors (Lipinski definition) is 1. The van der Waals surface area contributed by atoms with E-state index in [2.05, 4.69) is 25.2 Å². The number of ether oxygens (including phenoxy) is 1. The zero-order valence-corrected chi connectivity index (χ0v) is 12.1. The molecule has 1 aromatic carbocycles. The molecule has 1 aliphatic carbocycles. The summed E-state index contributed by atoms with van der Waals surface area (Å²) in [6.07, 6.45) is 4.66. The Bertz CT molecular complexity index is 462. The second kappa shape index (κ2) is 6.09. The zero-order valence-electron chi connectivity index (χ0n) is 12.1.